The maximum atomic E-state index is 13.7. The zero-order chi connectivity index (χ0) is 27.4. The summed E-state index contributed by atoms with van der Waals surface area (Å²) >= 11 is 4.63. The van der Waals surface area contributed by atoms with Crippen molar-refractivity contribution in [2.45, 2.75) is 26.8 Å². The minimum absolute atomic E-state index is 0.194. The first kappa shape index (κ1) is 27.3. The molecule has 0 fully saturated rings. The molecule has 38 heavy (non-hydrogen) atoms. The maximum absolute atomic E-state index is 13.7. The highest BCUT2D eigenvalue weighted by Gasteiger charge is 2.33. The number of benzene rings is 2. The van der Waals surface area contributed by atoms with Crippen LogP contribution in [0.4, 0.5) is 0 Å². The number of allylic oxidation sites excluding steroid dienone is 1. The molecule has 0 N–H and O–H groups in total. The van der Waals surface area contributed by atoms with Crippen molar-refractivity contribution in [2.75, 3.05) is 13.2 Å². The van der Waals surface area contributed by atoms with Gasteiger partial charge in [-0.15, -0.1) is 0 Å². The summed E-state index contributed by atoms with van der Waals surface area (Å²) in [5.41, 5.74) is 1.94. The summed E-state index contributed by atoms with van der Waals surface area (Å²) < 4.78 is 18.6. The molecule has 0 bridgehead atoms. The van der Waals surface area contributed by atoms with Crippen LogP contribution in [-0.2, 0) is 14.3 Å². The number of aromatic nitrogens is 1. The van der Waals surface area contributed by atoms with E-state index in [1.54, 1.807) is 56.3 Å². The number of hydrogen-bond donors (Lipinski definition) is 0. The van der Waals surface area contributed by atoms with Crippen LogP contribution in [0.2, 0.25) is 0 Å². The Kier molecular flexibility index (Phi) is 8.43. The van der Waals surface area contributed by atoms with Gasteiger partial charge in [-0.05, 0) is 71.2 Å². The first-order valence-electron chi connectivity index (χ1n) is 11.7. The number of nitrogens with zero attached hydrogens (tertiary/aromatic N) is 2. The van der Waals surface area contributed by atoms with Crippen LogP contribution in [0.5, 0.6) is 11.5 Å². The number of carbonyl (C=O) groups excluding carboxylic acids is 2. The first-order chi connectivity index (χ1) is 18.2. The van der Waals surface area contributed by atoms with Gasteiger partial charge in [0, 0.05) is 6.92 Å². The van der Waals surface area contributed by atoms with Crippen LogP contribution in [0, 0.1) is 0 Å². The zero-order valence-electron chi connectivity index (χ0n) is 21.0. The fourth-order valence-electron chi connectivity index (χ4n) is 4.00. The van der Waals surface area contributed by atoms with Crippen LogP contribution in [0.25, 0.3) is 6.08 Å². The van der Waals surface area contributed by atoms with Gasteiger partial charge in [0.15, 0.2) is 4.80 Å². The van der Waals surface area contributed by atoms with Crippen molar-refractivity contribution in [1.82, 2.24) is 4.57 Å². The van der Waals surface area contributed by atoms with Gasteiger partial charge in [0.25, 0.3) is 5.56 Å². The third-order valence-corrected chi connectivity index (χ3v) is 7.19. The van der Waals surface area contributed by atoms with Gasteiger partial charge in [-0.3, -0.25) is 14.2 Å². The molecule has 3 aromatic rings. The molecule has 0 radical (unpaired) electrons. The Bertz CT molecular complexity index is 1620. The van der Waals surface area contributed by atoms with Gasteiger partial charge < -0.3 is 14.2 Å². The van der Waals surface area contributed by atoms with E-state index in [0.29, 0.717) is 43.2 Å². The van der Waals surface area contributed by atoms with Crippen LogP contribution < -0.4 is 24.4 Å². The highest BCUT2D eigenvalue weighted by atomic mass is 79.9. The summed E-state index contributed by atoms with van der Waals surface area (Å²) in [6, 6.07) is 11.6. The van der Waals surface area contributed by atoms with Gasteiger partial charge in [-0.25, -0.2) is 9.79 Å². The van der Waals surface area contributed by atoms with Gasteiger partial charge in [-0.2, -0.15) is 0 Å². The lowest BCUT2D eigenvalue weighted by Gasteiger charge is -2.24. The lowest BCUT2D eigenvalue weighted by atomic mass is 9.96. The number of halogens is 1. The van der Waals surface area contributed by atoms with Crippen molar-refractivity contribution >= 4 is 45.3 Å². The Balaban J connectivity index is 1.84. The number of ether oxygens (including phenoxy) is 3. The summed E-state index contributed by atoms with van der Waals surface area (Å²) in [6.45, 7) is 9.00. The SMILES string of the molecule is C=CCOc1ccc([C@@H]2C(C(=O)OCC)=C(C)N=c3s/c(=C\c4ccc(OC(C)=O)c(Br)c4)c(=O)n32)cc1. The van der Waals surface area contributed by atoms with Crippen molar-refractivity contribution in [1.29, 1.82) is 0 Å². The molecule has 8 nitrogen and oxygen atoms in total. The minimum Gasteiger partial charge on any atom is -0.490 e. The second-order valence-corrected chi connectivity index (χ2v) is 10.1. The summed E-state index contributed by atoms with van der Waals surface area (Å²) in [5, 5.41) is 0. The van der Waals surface area contributed by atoms with Crippen LogP contribution in [0.1, 0.15) is 37.9 Å². The molecule has 0 saturated carbocycles. The lowest BCUT2D eigenvalue weighted by molar-refractivity contribution is -0.139. The summed E-state index contributed by atoms with van der Waals surface area (Å²) in [6.07, 6.45) is 3.39. The van der Waals surface area contributed by atoms with Crippen LogP contribution in [0.15, 0.2) is 80.6 Å². The Labute approximate surface area is 231 Å². The normalized spacial score (nSPS) is 14.9. The second kappa shape index (κ2) is 11.7. The van der Waals surface area contributed by atoms with E-state index in [0.717, 1.165) is 11.1 Å². The number of hydrogen-bond acceptors (Lipinski definition) is 8. The number of carbonyl (C=O) groups is 2. The third kappa shape index (κ3) is 5.71. The van der Waals surface area contributed by atoms with E-state index in [9.17, 15) is 14.4 Å². The molecule has 0 unspecified atom stereocenters. The quantitative estimate of drug-likeness (QED) is 0.221. The Hall–Kier alpha value is -3.76. The van der Waals surface area contributed by atoms with Gasteiger partial charge in [0.1, 0.15) is 18.1 Å². The maximum Gasteiger partial charge on any atom is 0.338 e. The lowest BCUT2D eigenvalue weighted by Crippen LogP contribution is -2.39. The molecule has 1 aliphatic heterocycles. The number of rotatable bonds is 8. The molecule has 4 rings (SSSR count). The van der Waals surface area contributed by atoms with E-state index >= 15 is 0 Å². The topological polar surface area (TPSA) is 96.2 Å². The third-order valence-electron chi connectivity index (χ3n) is 5.59. The van der Waals surface area contributed by atoms with Crippen LogP contribution >= 0.6 is 27.3 Å². The predicted molar refractivity (Wildman–Crippen MR) is 148 cm³/mol. The standard InChI is InChI=1S/C28H25BrN2O6S/c1-5-13-36-20-10-8-19(9-11-20)25-24(27(34)35-6-2)16(3)30-28-31(25)26(33)23(38-28)15-18-7-12-22(21(29)14-18)37-17(4)32/h5,7-12,14-15,25H,1,6,13H2,2-4H3/b23-15-/t25-/m1/s1. The van der Waals surface area contributed by atoms with Crippen molar-refractivity contribution < 1.29 is 23.8 Å². The smallest absolute Gasteiger partial charge is 0.338 e. The molecular formula is C28H25BrN2O6S. The average Bonchev–Trinajstić information content (AvgIpc) is 3.18. The fraction of sp³-hybridized carbons (Fsp3) is 0.214. The monoisotopic (exact) mass is 596 g/mol. The molecule has 0 aliphatic carbocycles. The largest absolute Gasteiger partial charge is 0.490 e. The number of thiazole rings is 1. The van der Waals surface area contributed by atoms with Crippen molar-refractivity contribution in [3.63, 3.8) is 0 Å². The molecule has 1 aliphatic rings. The van der Waals surface area contributed by atoms with Crippen molar-refractivity contribution in [3.8, 4) is 11.5 Å². The highest BCUT2D eigenvalue weighted by Crippen LogP contribution is 2.32. The number of fused-ring (bicyclic) bond motifs is 1. The molecule has 1 atom stereocenters. The number of esters is 2. The molecule has 2 aromatic carbocycles. The molecule has 196 valence electrons. The molecule has 10 heteroatoms. The van der Waals surface area contributed by atoms with Gasteiger partial charge in [0.2, 0.25) is 0 Å². The molecule has 1 aromatic heterocycles. The Morgan fingerprint density at radius 1 is 1.21 bits per heavy atom. The molecular weight excluding hydrogens is 572 g/mol. The van der Waals surface area contributed by atoms with E-state index in [1.807, 2.05) is 12.1 Å². The van der Waals surface area contributed by atoms with E-state index in [2.05, 4.69) is 27.5 Å². The average molecular weight is 597 g/mol. The summed E-state index contributed by atoms with van der Waals surface area (Å²) in [7, 11) is 0. The van der Waals surface area contributed by atoms with Crippen LogP contribution in [-0.4, -0.2) is 29.7 Å². The van der Waals surface area contributed by atoms with Crippen LogP contribution in [0.3, 0.4) is 0 Å². The molecule has 0 amide bonds. The van der Waals surface area contributed by atoms with Crippen molar-refractivity contribution in [2.24, 2.45) is 4.99 Å². The molecule has 2 heterocycles. The summed E-state index contributed by atoms with van der Waals surface area (Å²) in [5.74, 6) is 0.0680. The zero-order valence-corrected chi connectivity index (χ0v) is 23.4. The minimum atomic E-state index is -0.723. The second-order valence-electron chi connectivity index (χ2n) is 8.25. The van der Waals surface area contributed by atoms with Gasteiger partial charge in [-0.1, -0.05) is 42.2 Å². The first-order valence-corrected chi connectivity index (χ1v) is 13.4. The van der Waals surface area contributed by atoms with Gasteiger partial charge in [0.05, 0.1) is 32.9 Å². The van der Waals surface area contributed by atoms with Crippen molar-refractivity contribution in [3.05, 3.63) is 102 Å². The molecule has 0 spiro atoms. The fourth-order valence-corrected chi connectivity index (χ4v) is 5.53. The predicted octanol–water partition coefficient (Wildman–Crippen LogP) is 4.05. The Morgan fingerprint density at radius 2 is 1.95 bits per heavy atom. The van der Waals surface area contributed by atoms with E-state index in [-0.39, 0.29) is 12.2 Å². The summed E-state index contributed by atoms with van der Waals surface area (Å²) in [4.78, 5) is 43.1. The molecule has 0 saturated heterocycles. The van der Waals surface area contributed by atoms with E-state index in [4.69, 9.17) is 14.2 Å². The van der Waals surface area contributed by atoms with Gasteiger partial charge >= 0.3 is 11.9 Å². The Morgan fingerprint density at radius 3 is 2.58 bits per heavy atom. The van der Waals surface area contributed by atoms with E-state index in [1.165, 1.54) is 22.8 Å². The van der Waals surface area contributed by atoms with E-state index < -0.39 is 18.0 Å². The highest BCUT2D eigenvalue weighted by molar-refractivity contribution is 9.10.